The second-order valence-electron chi connectivity index (χ2n) is 10.2. The van der Waals surface area contributed by atoms with Crippen LogP contribution in [-0.2, 0) is 18.8 Å². The van der Waals surface area contributed by atoms with Gasteiger partial charge < -0.3 is 88.8 Å². The van der Waals surface area contributed by atoms with Gasteiger partial charge in [0.25, 0.3) is 0 Å². The van der Waals surface area contributed by atoms with Crippen LogP contribution in [-0.4, -0.2) is 134 Å². The van der Waals surface area contributed by atoms with E-state index in [0.29, 0.717) is 13.0 Å². The maximum absolute atomic E-state index is 10.2. The van der Waals surface area contributed by atoms with E-state index in [1.807, 2.05) is 0 Å². The fourth-order valence-corrected chi connectivity index (χ4v) is 3.44. The van der Waals surface area contributed by atoms with Crippen molar-refractivity contribution in [3.8, 4) is 0 Å². The van der Waals surface area contributed by atoms with Gasteiger partial charge in [-0.1, -0.05) is 0 Å². The van der Waals surface area contributed by atoms with Gasteiger partial charge >= 0.3 is 82.3 Å². The Morgan fingerprint density at radius 2 is 0.652 bits per heavy atom. The Bertz CT molecular complexity index is 2010. The normalized spacial score (nSPS) is 10.9. The fraction of sp³-hybridized carbons (Fsp3) is 0.111. The molecule has 0 radical (unpaired) electrons. The third kappa shape index (κ3) is 24.0. The molecule has 6 rings (SSSR count). The van der Waals surface area contributed by atoms with Crippen LogP contribution in [0.1, 0.15) is 109 Å². The molecule has 1 saturated heterocycles. The minimum atomic E-state index is -1.28. The second kappa shape index (κ2) is 33.1. The Morgan fingerprint density at radius 1 is 0.424 bits per heavy atom. The molecule has 0 aliphatic carbocycles. The van der Waals surface area contributed by atoms with Gasteiger partial charge in [-0.2, -0.15) is 0 Å². The van der Waals surface area contributed by atoms with E-state index >= 15 is 0 Å². The number of aliphatic carboxylic acids is 1. The largest absolute Gasteiger partial charge is 0 e. The first kappa shape index (κ1) is 63.1. The molecule has 0 spiro atoms. The Labute approximate surface area is 364 Å². The summed E-state index contributed by atoms with van der Waals surface area (Å²) in [7, 11) is 0. The van der Waals surface area contributed by atoms with Crippen LogP contribution in [0.4, 0.5) is 0 Å². The van der Waals surface area contributed by atoms with Crippen molar-refractivity contribution in [1.29, 1.82) is 0 Å². The van der Waals surface area contributed by atoms with Crippen molar-refractivity contribution in [2.75, 3.05) is 6.61 Å². The molecule has 1 atom stereocenters. The van der Waals surface area contributed by atoms with Crippen LogP contribution in [0, 0.1) is 13.3 Å². The summed E-state index contributed by atoms with van der Waals surface area (Å²) in [6.45, 7) is 9.61. The summed E-state index contributed by atoms with van der Waals surface area (Å²) in [5.74, 6) is -15.1. The molecular formula is C36H34O30. The average Bonchev–Trinajstić information content (AvgIpc) is 4.11. The van der Waals surface area contributed by atoms with Crippen molar-refractivity contribution >= 4 is 59.7 Å². The predicted molar refractivity (Wildman–Crippen MR) is 200 cm³/mol. The predicted octanol–water partition coefficient (Wildman–Crippen LogP) is 2.45. The van der Waals surface area contributed by atoms with Crippen LogP contribution in [0.15, 0.2) is 89.0 Å². The Morgan fingerprint density at radius 3 is 0.742 bits per heavy atom. The number of ether oxygens (including phenoxy) is 1. The second-order valence-corrected chi connectivity index (χ2v) is 10.2. The molecule has 358 valence electrons. The third-order valence-electron chi connectivity index (χ3n) is 6.05. The molecule has 0 amide bonds. The van der Waals surface area contributed by atoms with Gasteiger partial charge in [-0.3, -0.25) is 0 Å². The summed E-state index contributed by atoms with van der Waals surface area (Å²) in [4.78, 5) is 101. The number of hydrogen-bond donors (Lipinski definition) is 10. The van der Waals surface area contributed by atoms with Crippen LogP contribution in [0.25, 0.3) is 0 Å². The number of carboxylic acid groups (broad SMARTS) is 10. The number of rotatable bonds is 10. The van der Waals surface area contributed by atoms with E-state index in [9.17, 15) is 47.9 Å². The molecule has 6 heterocycles. The van der Waals surface area contributed by atoms with Crippen molar-refractivity contribution in [3.05, 3.63) is 132 Å². The van der Waals surface area contributed by atoms with E-state index in [0.717, 1.165) is 55.0 Å². The molecule has 66 heavy (non-hydrogen) atoms. The van der Waals surface area contributed by atoms with E-state index < -0.39 is 65.8 Å². The van der Waals surface area contributed by atoms with Gasteiger partial charge in [0.2, 0.25) is 51.8 Å². The standard InChI is InChI=1S/4C6H4O5.C5H8O3.C5H4O3.2CO.2H2O.H2/c4*7-5(8)3-1-2-4(11-3)6(9)10;2*6-5(7)4-2-1-3-8-4;2*1-2;;;/h4*1-2H,(H,7,8)(H,9,10);4H,1-3H2,(H,6,7);1-3H,(H,6,7);;;2*1H2;1H. The van der Waals surface area contributed by atoms with Gasteiger partial charge in [-0.05, 0) is 73.5 Å². The van der Waals surface area contributed by atoms with E-state index in [1.165, 1.54) is 18.4 Å². The van der Waals surface area contributed by atoms with Crippen molar-refractivity contribution < 1.29 is 148 Å². The Hall–Kier alpha value is -9.54. The molecule has 1 aliphatic heterocycles. The van der Waals surface area contributed by atoms with E-state index in [2.05, 4.69) is 35.4 Å². The fourth-order valence-electron chi connectivity index (χ4n) is 3.44. The summed E-state index contributed by atoms with van der Waals surface area (Å²) in [5, 5.41) is 82.8. The molecule has 0 saturated carbocycles. The van der Waals surface area contributed by atoms with Crippen LogP contribution in [0.3, 0.4) is 0 Å². The van der Waals surface area contributed by atoms with Crippen LogP contribution >= 0.6 is 0 Å². The number of aromatic carboxylic acids is 9. The summed E-state index contributed by atoms with van der Waals surface area (Å²) in [6, 6.07) is 11.6. The first-order chi connectivity index (χ1) is 30.0. The van der Waals surface area contributed by atoms with Gasteiger partial charge in [0.1, 0.15) is 0 Å². The minimum Gasteiger partial charge on any atom is 0 e. The monoisotopic (exact) mass is 946 g/mol. The Balaban J connectivity index is -0.000000225. The molecule has 1 aliphatic rings. The zero-order valence-corrected chi connectivity index (χ0v) is 32.4. The molecule has 30 nitrogen and oxygen atoms in total. The van der Waals surface area contributed by atoms with E-state index in [-0.39, 0.29) is 64.2 Å². The average molecular weight is 947 g/mol. The third-order valence-corrected chi connectivity index (χ3v) is 6.05. The summed E-state index contributed by atoms with van der Waals surface area (Å²) >= 11 is 0. The quantitative estimate of drug-likeness (QED) is 0.0710. The molecule has 5 aromatic heterocycles. The van der Waals surface area contributed by atoms with Gasteiger partial charge in [0, 0.05) is 8.03 Å². The minimum absolute atomic E-state index is 0. The van der Waals surface area contributed by atoms with Crippen molar-refractivity contribution in [1.82, 2.24) is 0 Å². The molecular weight excluding hydrogens is 912 g/mol. The zero-order chi connectivity index (χ0) is 49.7. The summed E-state index contributed by atoms with van der Waals surface area (Å²) < 4.78 is 41.9. The molecule has 0 bridgehead atoms. The van der Waals surface area contributed by atoms with Crippen LogP contribution < -0.4 is 0 Å². The van der Waals surface area contributed by atoms with Crippen molar-refractivity contribution in [2.24, 2.45) is 0 Å². The number of carboxylic acids is 10. The van der Waals surface area contributed by atoms with Gasteiger partial charge in [-0.25, -0.2) is 47.9 Å². The van der Waals surface area contributed by atoms with E-state index in [1.54, 1.807) is 0 Å². The number of furan rings is 5. The van der Waals surface area contributed by atoms with Gasteiger partial charge in [0.15, 0.2) is 6.10 Å². The SMILES string of the molecule is O.O.O=C(O)C1CCCO1.O=C(O)c1ccc(C(=O)O)o1.O=C(O)c1ccc(C(=O)O)o1.O=C(O)c1ccc(C(=O)O)o1.O=C(O)c1ccc(C(=O)O)o1.O=C(O)c1ccco1.[C-]#[O+].[C-]#[O+].[HH]. The molecule has 30 heteroatoms. The maximum Gasteiger partial charge on any atom is 0 e. The van der Waals surface area contributed by atoms with Crippen LogP contribution in [0.2, 0.25) is 0 Å². The molecule has 0 aromatic carbocycles. The molecule has 14 N–H and O–H groups in total. The molecule has 1 unspecified atom stereocenters. The van der Waals surface area contributed by atoms with Crippen molar-refractivity contribution in [2.45, 2.75) is 18.9 Å². The summed E-state index contributed by atoms with van der Waals surface area (Å²) in [6.07, 6.45) is 2.37. The first-order valence-electron chi connectivity index (χ1n) is 15.8. The zero-order valence-electron chi connectivity index (χ0n) is 32.4. The topological polar surface area (TPSA) is 551 Å². The van der Waals surface area contributed by atoms with Crippen molar-refractivity contribution in [3.63, 3.8) is 0 Å². The van der Waals surface area contributed by atoms with E-state index in [4.69, 9.17) is 65.1 Å². The van der Waals surface area contributed by atoms with Gasteiger partial charge in [-0.15, -0.1) is 0 Å². The molecule has 5 aromatic rings. The number of hydrogen-bond acceptors (Lipinski definition) is 16. The first-order valence-corrected chi connectivity index (χ1v) is 15.8. The number of carbonyl (C=O) groups is 10. The summed E-state index contributed by atoms with van der Waals surface area (Å²) in [5.41, 5.74) is 0. The van der Waals surface area contributed by atoms with Gasteiger partial charge in [0.05, 0.1) is 6.26 Å². The van der Waals surface area contributed by atoms with Crippen LogP contribution in [0.5, 0.6) is 0 Å². The smallest absolute Gasteiger partial charge is 0 e. The molecule has 1 fully saturated rings. The Kier molecular flexibility index (Phi) is 31.7. The maximum atomic E-state index is 10.2.